The predicted octanol–water partition coefficient (Wildman–Crippen LogP) is 14.3. The Bertz CT molecular complexity index is 705. The second kappa shape index (κ2) is 37.6. The zero-order chi connectivity index (χ0) is 32.4. The molecule has 1 aliphatic carbocycles. The quantitative estimate of drug-likeness (QED) is 0.246. The highest BCUT2D eigenvalue weighted by Gasteiger charge is 2.26. The molecule has 0 bridgehead atoms. The van der Waals surface area contributed by atoms with Crippen molar-refractivity contribution in [3.8, 4) is 0 Å². The zero-order valence-electron chi connectivity index (χ0n) is 29.0. The largest absolute Gasteiger partial charge is 0.100 e. The molecule has 0 N–H and O–H groups in total. The Labute approximate surface area is 249 Å². The van der Waals surface area contributed by atoms with E-state index < -0.39 is 0 Å². The van der Waals surface area contributed by atoms with Crippen LogP contribution in [0.2, 0.25) is 0 Å². The van der Waals surface area contributed by atoms with Gasteiger partial charge in [-0.3, -0.25) is 0 Å². The van der Waals surface area contributed by atoms with Gasteiger partial charge in [-0.25, -0.2) is 0 Å². The van der Waals surface area contributed by atoms with Gasteiger partial charge in [-0.2, -0.15) is 0 Å². The molecule has 0 radical (unpaired) electrons. The van der Waals surface area contributed by atoms with Crippen LogP contribution in [0.4, 0.5) is 0 Å². The van der Waals surface area contributed by atoms with E-state index in [1.165, 1.54) is 60.0 Å². The van der Waals surface area contributed by atoms with Gasteiger partial charge < -0.3 is 0 Å². The van der Waals surface area contributed by atoms with Crippen molar-refractivity contribution in [3.05, 3.63) is 122 Å². The van der Waals surface area contributed by atoms with E-state index in [1.807, 2.05) is 46.8 Å². The normalized spacial score (nSPS) is 11.5. The lowest BCUT2D eigenvalue weighted by Crippen LogP contribution is -2.20. The molecular weight excluding hydrogens is 468 g/mol. The summed E-state index contributed by atoms with van der Waals surface area (Å²) in [5.41, 5.74) is 8.28. The van der Waals surface area contributed by atoms with Crippen LogP contribution < -0.4 is 0 Å². The van der Waals surface area contributed by atoms with Crippen molar-refractivity contribution in [2.45, 2.75) is 122 Å². The van der Waals surface area contributed by atoms with Crippen LogP contribution in [0, 0.1) is 5.41 Å². The molecule has 1 aliphatic rings. The van der Waals surface area contributed by atoms with Crippen molar-refractivity contribution < 1.29 is 0 Å². The van der Waals surface area contributed by atoms with Gasteiger partial charge in [-0.05, 0) is 101 Å². The Morgan fingerprint density at radius 3 is 1.00 bits per heavy atom. The minimum atomic E-state index is 0.484. The SMILES string of the molecule is C=C(C)C.C=C(C)C1(C)CCCCC1.C=CC(=C)C.C=CC=C.C=CC=CC.CC(C)=C(C)C.CC=C(C)C. The number of rotatable bonds is 4. The molecule has 0 aromatic rings. The Morgan fingerprint density at radius 2 is 0.923 bits per heavy atom. The molecule has 0 spiro atoms. The van der Waals surface area contributed by atoms with E-state index >= 15 is 0 Å². The van der Waals surface area contributed by atoms with E-state index in [4.69, 9.17) is 0 Å². The molecule has 0 aromatic heterocycles. The van der Waals surface area contributed by atoms with Crippen LogP contribution in [0.5, 0.6) is 0 Å². The average molecular weight is 539 g/mol. The van der Waals surface area contributed by atoms with Crippen LogP contribution in [0.15, 0.2) is 122 Å². The molecule has 0 aliphatic heterocycles. The molecule has 0 heteroatoms. The summed E-state index contributed by atoms with van der Waals surface area (Å²) in [6.07, 6.45) is 19.6. The van der Waals surface area contributed by atoms with Gasteiger partial charge in [0.15, 0.2) is 0 Å². The first kappa shape index (κ1) is 49.4. The Kier molecular flexibility index (Phi) is 47.5. The van der Waals surface area contributed by atoms with Crippen LogP contribution in [0.25, 0.3) is 0 Å². The average Bonchev–Trinajstić information content (AvgIpc) is 2.86. The molecule has 1 saturated carbocycles. The summed E-state index contributed by atoms with van der Waals surface area (Å²) < 4.78 is 0. The second-order valence-electron chi connectivity index (χ2n) is 10.8. The van der Waals surface area contributed by atoms with Crippen molar-refractivity contribution in [1.82, 2.24) is 0 Å². The van der Waals surface area contributed by atoms with Crippen LogP contribution >= 0.6 is 0 Å². The first-order chi connectivity index (χ1) is 17.9. The van der Waals surface area contributed by atoms with Gasteiger partial charge in [0.05, 0.1) is 0 Å². The van der Waals surface area contributed by atoms with Gasteiger partial charge in [0, 0.05) is 0 Å². The summed E-state index contributed by atoms with van der Waals surface area (Å²) in [5, 5.41) is 0. The van der Waals surface area contributed by atoms with Gasteiger partial charge in [0.1, 0.15) is 0 Å². The van der Waals surface area contributed by atoms with Gasteiger partial charge in [-0.15, -0.1) is 6.58 Å². The van der Waals surface area contributed by atoms with Crippen LogP contribution in [-0.2, 0) is 0 Å². The molecular formula is C39H70. The molecule has 0 atom stereocenters. The lowest BCUT2D eigenvalue weighted by molar-refractivity contribution is 0.268. The summed E-state index contributed by atoms with van der Waals surface area (Å²) in [4.78, 5) is 0. The lowest BCUT2D eigenvalue weighted by Gasteiger charge is -2.34. The predicted molar refractivity (Wildman–Crippen MR) is 192 cm³/mol. The lowest BCUT2D eigenvalue weighted by atomic mass is 9.72. The second-order valence-corrected chi connectivity index (χ2v) is 10.8. The summed E-state index contributed by atoms with van der Waals surface area (Å²) in [6, 6.07) is 0. The fourth-order valence-corrected chi connectivity index (χ4v) is 1.89. The maximum absolute atomic E-state index is 4.05. The number of hydrogen-bond donors (Lipinski definition) is 0. The molecule has 226 valence electrons. The fourth-order valence-electron chi connectivity index (χ4n) is 1.89. The highest BCUT2D eigenvalue weighted by molar-refractivity contribution is 5.06. The van der Waals surface area contributed by atoms with E-state index in [-0.39, 0.29) is 0 Å². The van der Waals surface area contributed by atoms with Crippen molar-refractivity contribution in [2.75, 3.05) is 0 Å². The molecule has 0 amide bonds. The molecule has 0 unspecified atom stereocenters. The molecule has 0 saturated heterocycles. The highest BCUT2D eigenvalue weighted by atomic mass is 14.3. The van der Waals surface area contributed by atoms with Crippen molar-refractivity contribution in [3.63, 3.8) is 0 Å². The first-order valence-electron chi connectivity index (χ1n) is 14.1. The number of allylic oxidation sites excluding steroid dienone is 13. The highest BCUT2D eigenvalue weighted by Crippen LogP contribution is 2.40. The van der Waals surface area contributed by atoms with Crippen molar-refractivity contribution in [1.29, 1.82) is 0 Å². The fraction of sp³-hybridized carbons (Fsp3) is 0.487. The third-order valence-corrected chi connectivity index (χ3v) is 5.41. The van der Waals surface area contributed by atoms with Gasteiger partial charge in [-0.1, -0.05) is 142 Å². The maximum atomic E-state index is 4.05. The summed E-state index contributed by atoms with van der Waals surface area (Å²) >= 11 is 0. The molecule has 0 heterocycles. The third-order valence-electron chi connectivity index (χ3n) is 5.41. The Hall–Kier alpha value is -2.60. The van der Waals surface area contributed by atoms with Crippen LogP contribution in [0.1, 0.15) is 122 Å². The monoisotopic (exact) mass is 539 g/mol. The van der Waals surface area contributed by atoms with E-state index in [0.717, 1.165) is 5.57 Å². The van der Waals surface area contributed by atoms with Gasteiger partial charge in [0.2, 0.25) is 0 Å². The molecule has 1 rings (SSSR count). The van der Waals surface area contributed by atoms with Crippen LogP contribution in [-0.4, -0.2) is 0 Å². The Balaban J connectivity index is -0.0000000842. The van der Waals surface area contributed by atoms with Crippen molar-refractivity contribution in [2.24, 2.45) is 5.41 Å². The summed E-state index contributed by atoms with van der Waals surface area (Å²) in [7, 11) is 0. The van der Waals surface area contributed by atoms with Crippen molar-refractivity contribution >= 4 is 0 Å². The minimum absolute atomic E-state index is 0.484. The summed E-state index contributed by atoms with van der Waals surface area (Å²) in [6.45, 7) is 51.8. The molecule has 0 aromatic carbocycles. The molecule has 39 heavy (non-hydrogen) atoms. The minimum Gasteiger partial charge on any atom is -0.100 e. The molecule has 1 fully saturated rings. The van der Waals surface area contributed by atoms with Crippen LogP contribution in [0.3, 0.4) is 0 Å². The topological polar surface area (TPSA) is 0 Å². The van der Waals surface area contributed by atoms with Gasteiger partial charge >= 0.3 is 0 Å². The van der Waals surface area contributed by atoms with E-state index in [9.17, 15) is 0 Å². The summed E-state index contributed by atoms with van der Waals surface area (Å²) in [5.74, 6) is 0. The zero-order valence-corrected chi connectivity index (χ0v) is 29.0. The first-order valence-corrected chi connectivity index (χ1v) is 14.1. The molecule has 0 nitrogen and oxygen atoms in total. The Morgan fingerprint density at radius 1 is 0.615 bits per heavy atom. The van der Waals surface area contributed by atoms with Gasteiger partial charge in [0.25, 0.3) is 0 Å². The third kappa shape index (κ3) is 66.3. The maximum Gasteiger partial charge on any atom is -0.0122 e. The standard InChI is InChI=1S/C10H18.C6H12.C5H10.2C5H8.C4H8.C4H6/c1-9(2)10(3)7-5-4-6-8-10;1-5(2)6(3)4;2*1-4-5(2)3;1-3-5-4-2;1-4(2)3;1-3-4-2/h1,4-8H2,2-3H3;1-4H3;4H,1-3H3;4H,1-2H2,3H3;3-5H,1H2,2H3;1H2,2-3H3;3-4H,1-2H2. The van der Waals surface area contributed by atoms with E-state index in [2.05, 4.69) is 108 Å². The van der Waals surface area contributed by atoms with E-state index in [1.54, 1.807) is 24.3 Å². The smallest absolute Gasteiger partial charge is 0.0122 e. The van der Waals surface area contributed by atoms with E-state index in [0.29, 0.717) is 5.41 Å². The number of hydrogen-bond acceptors (Lipinski definition) is 0.